The minimum absolute atomic E-state index is 0.102. The van der Waals surface area contributed by atoms with Gasteiger partial charge in [0.25, 0.3) is 5.91 Å². The molecular weight excluding hydrogens is 320 g/mol. The molecule has 3 rings (SSSR count). The summed E-state index contributed by atoms with van der Waals surface area (Å²) < 4.78 is 5.72. The van der Waals surface area contributed by atoms with E-state index in [9.17, 15) is 9.59 Å². The van der Waals surface area contributed by atoms with E-state index < -0.39 is 11.9 Å². The van der Waals surface area contributed by atoms with Crippen LogP contribution in [0.2, 0.25) is 0 Å². The zero-order valence-electron chi connectivity index (χ0n) is 13.0. The molecule has 1 aromatic heterocycles. The number of carboxylic acids is 1. The Morgan fingerprint density at radius 2 is 1.88 bits per heavy atom. The molecule has 25 heavy (non-hydrogen) atoms. The van der Waals surface area contributed by atoms with Crippen molar-refractivity contribution in [2.75, 3.05) is 0 Å². The molecular formula is C19H14N2O4. The molecule has 0 fully saturated rings. The minimum Gasteiger partial charge on any atom is -0.478 e. The highest BCUT2D eigenvalue weighted by molar-refractivity contribution is 5.95. The Bertz CT molecular complexity index is 1060. The van der Waals surface area contributed by atoms with E-state index in [2.05, 4.69) is 4.99 Å². The second kappa shape index (κ2) is 6.84. The number of hydrogen-bond acceptors (Lipinski definition) is 4. The lowest BCUT2D eigenvalue weighted by atomic mass is 10.1. The van der Waals surface area contributed by atoms with Crippen LogP contribution in [0, 0.1) is 0 Å². The monoisotopic (exact) mass is 334 g/mol. The first-order chi connectivity index (χ1) is 12.0. The van der Waals surface area contributed by atoms with E-state index in [1.54, 1.807) is 36.4 Å². The fourth-order valence-corrected chi connectivity index (χ4v) is 2.31. The maximum absolute atomic E-state index is 11.7. The summed E-state index contributed by atoms with van der Waals surface area (Å²) in [4.78, 5) is 26.7. The number of carbonyl (C=O) groups excluding carboxylic acids is 1. The van der Waals surface area contributed by atoms with Crippen molar-refractivity contribution < 1.29 is 19.1 Å². The van der Waals surface area contributed by atoms with Crippen molar-refractivity contribution in [1.82, 2.24) is 0 Å². The van der Waals surface area contributed by atoms with Crippen molar-refractivity contribution >= 4 is 34.6 Å². The Balaban J connectivity index is 2.15. The van der Waals surface area contributed by atoms with Crippen molar-refractivity contribution in [3.05, 3.63) is 77.4 Å². The lowest BCUT2D eigenvalue weighted by molar-refractivity contribution is -0.131. The van der Waals surface area contributed by atoms with Crippen LogP contribution in [-0.4, -0.2) is 17.0 Å². The van der Waals surface area contributed by atoms with E-state index >= 15 is 0 Å². The molecule has 124 valence electrons. The molecule has 6 heteroatoms. The van der Waals surface area contributed by atoms with Gasteiger partial charge in [0.2, 0.25) is 5.55 Å². The molecule has 0 spiro atoms. The van der Waals surface area contributed by atoms with Crippen molar-refractivity contribution in [2.45, 2.75) is 0 Å². The number of hydrogen-bond donors (Lipinski definition) is 2. The average molecular weight is 334 g/mol. The normalized spacial score (nSPS) is 11.9. The number of benzene rings is 2. The predicted octanol–water partition coefficient (Wildman–Crippen LogP) is 2.86. The highest BCUT2D eigenvalue weighted by atomic mass is 16.4. The Hall–Kier alpha value is -3.67. The van der Waals surface area contributed by atoms with Crippen LogP contribution in [-0.2, 0) is 4.79 Å². The molecule has 3 aromatic rings. The molecule has 0 aliphatic carbocycles. The van der Waals surface area contributed by atoms with Gasteiger partial charge in [0.15, 0.2) is 0 Å². The summed E-state index contributed by atoms with van der Waals surface area (Å²) in [6, 6.07) is 15.7. The first kappa shape index (κ1) is 16.2. The third kappa shape index (κ3) is 3.81. The van der Waals surface area contributed by atoms with Crippen molar-refractivity contribution in [2.24, 2.45) is 10.7 Å². The SMILES string of the molecule is NC(=O)c1cc2ccccc2oc1=Nc1cccc(/C=C/C(=O)O)c1. The number of primary amides is 1. The van der Waals surface area contributed by atoms with Gasteiger partial charge in [-0.05, 0) is 35.9 Å². The third-order valence-corrected chi connectivity index (χ3v) is 3.44. The second-order valence-corrected chi connectivity index (χ2v) is 5.25. The maximum Gasteiger partial charge on any atom is 0.328 e. The van der Waals surface area contributed by atoms with Crippen LogP contribution >= 0.6 is 0 Å². The van der Waals surface area contributed by atoms with Gasteiger partial charge in [-0.25, -0.2) is 9.79 Å². The van der Waals surface area contributed by atoms with Gasteiger partial charge in [0.05, 0.1) is 5.69 Å². The van der Waals surface area contributed by atoms with Crippen LogP contribution in [0.1, 0.15) is 15.9 Å². The van der Waals surface area contributed by atoms with Gasteiger partial charge in [-0.3, -0.25) is 4.79 Å². The van der Waals surface area contributed by atoms with Crippen LogP contribution in [0.4, 0.5) is 5.69 Å². The zero-order chi connectivity index (χ0) is 17.8. The number of amides is 1. The highest BCUT2D eigenvalue weighted by Crippen LogP contribution is 2.17. The van der Waals surface area contributed by atoms with E-state index in [1.165, 1.54) is 6.08 Å². The number of para-hydroxylation sites is 1. The number of fused-ring (bicyclic) bond motifs is 1. The predicted molar refractivity (Wildman–Crippen MR) is 93.1 cm³/mol. The van der Waals surface area contributed by atoms with Crippen molar-refractivity contribution in [3.63, 3.8) is 0 Å². The molecule has 6 nitrogen and oxygen atoms in total. The standard InChI is InChI=1S/C19H14N2O4/c20-18(24)15-11-13-5-1-2-7-16(13)25-19(15)21-14-6-3-4-12(10-14)8-9-17(22)23/h1-11H,(H2,20,24)(H,22,23)/b9-8+,21-19?. The van der Waals surface area contributed by atoms with E-state index in [4.69, 9.17) is 15.3 Å². The summed E-state index contributed by atoms with van der Waals surface area (Å²) in [5.41, 5.74) is 7.45. The van der Waals surface area contributed by atoms with Crippen LogP contribution in [0.5, 0.6) is 0 Å². The summed E-state index contributed by atoms with van der Waals surface area (Å²) in [7, 11) is 0. The van der Waals surface area contributed by atoms with Crippen molar-refractivity contribution in [1.29, 1.82) is 0 Å². The average Bonchev–Trinajstić information content (AvgIpc) is 2.59. The summed E-state index contributed by atoms with van der Waals surface area (Å²) in [6.45, 7) is 0. The molecule has 0 saturated heterocycles. The van der Waals surface area contributed by atoms with E-state index in [0.717, 1.165) is 11.5 Å². The van der Waals surface area contributed by atoms with Gasteiger partial charge in [0, 0.05) is 11.5 Å². The highest BCUT2D eigenvalue weighted by Gasteiger charge is 2.09. The molecule has 0 radical (unpaired) electrons. The number of aliphatic carboxylic acids is 1. The molecule has 0 bridgehead atoms. The van der Waals surface area contributed by atoms with Crippen LogP contribution in [0.3, 0.4) is 0 Å². The molecule has 2 aromatic carbocycles. The largest absolute Gasteiger partial charge is 0.478 e. The molecule has 0 saturated carbocycles. The van der Waals surface area contributed by atoms with Gasteiger partial charge in [-0.2, -0.15) is 0 Å². The first-order valence-electron chi connectivity index (χ1n) is 7.41. The number of nitrogens with two attached hydrogens (primary N) is 1. The van der Waals surface area contributed by atoms with E-state index in [0.29, 0.717) is 16.8 Å². The van der Waals surface area contributed by atoms with E-state index in [1.807, 2.05) is 18.2 Å². The summed E-state index contributed by atoms with van der Waals surface area (Å²) in [5.74, 6) is -1.68. The topological polar surface area (TPSA) is 106 Å². The number of carboxylic acid groups (broad SMARTS) is 1. The number of rotatable bonds is 4. The van der Waals surface area contributed by atoms with Crippen LogP contribution in [0.25, 0.3) is 17.0 Å². The van der Waals surface area contributed by atoms with Crippen LogP contribution in [0.15, 0.2) is 70.1 Å². The first-order valence-corrected chi connectivity index (χ1v) is 7.41. The number of carbonyl (C=O) groups is 2. The lowest BCUT2D eigenvalue weighted by Crippen LogP contribution is -2.21. The summed E-state index contributed by atoms with van der Waals surface area (Å²) in [5, 5.41) is 9.44. The fraction of sp³-hybridized carbons (Fsp3) is 0. The third-order valence-electron chi connectivity index (χ3n) is 3.44. The van der Waals surface area contributed by atoms with Gasteiger partial charge < -0.3 is 15.3 Å². The van der Waals surface area contributed by atoms with Gasteiger partial charge >= 0.3 is 5.97 Å². The molecule has 1 heterocycles. The smallest absolute Gasteiger partial charge is 0.328 e. The molecule has 0 unspecified atom stereocenters. The molecule has 0 atom stereocenters. The second-order valence-electron chi connectivity index (χ2n) is 5.25. The number of nitrogens with zero attached hydrogens (tertiary/aromatic N) is 1. The summed E-state index contributed by atoms with van der Waals surface area (Å²) >= 11 is 0. The molecule has 0 aliphatic heterocycles. The Morgan fingerprint density at radius 3 is 2.64 bits per heavy atom. The molecule has 3 N–H and O–H groups in total. The summed E-state index contributed by atoms with van der Waals surface area (Å²) in [6.07, 6.45) is 2.49. The van der Waals surface area contributed by atoms with Gasteiger partial charge in [-0.15, -0.1) is 0 Å². The van der Waals surface area contributed by atoms with Gasteiger partial charge in [-0.1, -0.05) is 30.3 Å². The zero-order valence-corrected chi connectivity index (χ0v) is 13.0. The van der Waals surface area contributed by atoms with E-state index in [-0.39, 0.29) is 11.1 Å². The maximum atomic E-state index is 11.7. The Kier molecular flexibility index (Phi) is 4.43. The van der Waals surface area contributed by atoms with Crippen LogP contribution < -0.4 is 11.3 Å². The Morgan fingerprint density at radius 1 is 1.08 bits per heavy atom. The Labute approximate surface area is 142 Å². The van der Waals surface area contributed by atoms with Crippen molar-refractivity contribution in [3.8, 4) is 0 Å². The van der Waals surface area contributed by atoms with Gasteiger partial charge in [0.1, 0.15) is 11.1 Å². The molecule has 1 amide bonds. The molecule has 0 aliphatic rings. The minimum atomic E-state index is -1.04. The quantitative estimate of drug-likeness (QED) is 0.715. The lowest BCUT2D eigenvalue weighted by Gasteiger charge is -2.02. The fourth-order valence-electron chi connectivity index (χ4n) is 2.31.